The van der Waals surface area contributed by atoms with Crippen LogP contribution in [0.1, 0.15) is 12.8 Å². The molecule has 4 nitrogen and oxygen atoms in total. The van der Waals surface area contributed by atoms with Crippen LogP contribution < -0.4 is 5.73 Å². The van der Waals surface area contributed by atoms with Crippen LogP contribution in [0.25, 0.3) is 0 Å². The first-order chi connectivity index (χ1) is 5.74. The fourth-order valence-corrected chi connectivity index (χ4v) is 1.59. The summed E-state index contributed by atoms with van der Waals surface area (Å²) in [6.45, 7) is 3.33. The summed E-state index contributed by atoms with van der Waals surface area (Å²) in [6.07, 6.45) is 1.55. The summed E-state index contributed by atoms with van der Waals surface area (Å²) in [5, 5.41) is 8.71. The number of carboxylic acid groups (broad SMARTS) is 1. The van der Waals surface area contributed by atoms with Crippen LogP contribution in [0.4, 0.5) is 0 Å². The van der Waals surface area contributed by atoms with E-state index in [9.17, 15) is 4.79 Å². The number of rotatable bonds is 3. The fraction of sp³-hybridized carbons (Fsp3) is 0.875. The molecule has 1 aliphatic heterocycles. The van der Waals surface area contributed by atoms with Crippen molar-refractivity contribution >= 4 is 5.97 Å². The molecule has 0 atom stereocenters. The van der Waals surface area contributed by atoms with Gasteiger partial charge in [0.1, 0.15) is 0 Å². The number of nitrogens with zero attached hydrogens (tertiary/aromatic N) is 1. The molecular formula is C8H16N2O2. The van der Waals surface area contributed by atoms with Gasteiger partial charge in [-0.15, -0.1) is 0 Å². The zero-order valence-corrected chi connectivity index (χ0v) is 7.20. The summed E-state index contributed by atoms with van der Waals surface area (Å²) in [4.78, 5) is 12.8. The molecule has 0 aromatic carbocycles. The van der Waals surface area contributed by atoms with Gasteiger partial charge in [0.15, 0.2) is 0 Å². The Kier molecular flexibility index (Phi) is 3.49. The molecule has 0 radical (unpaired) electrons. The predicted molar refractivity (Wildman–Crippen MR) is 45.9 cm³/mol. The molecule has 3 N–H and O–H groups in total. The van der Waals surface area contributed by atoms with Gasteiger partial charge in [0.05, 0.1) is 5.92 Å². The molecule has 0 aromatic heterocycles. The maximum atomic E-state index is 10.6. The van der Waals surface area contributed by atoms with Crippen molar-refractivity contribution in [2.45, 2.75) is 12.8 Å². The van der Waals surface area contributed by atoms with Crippen molar-refractivity contribution in [1.29, 1.82) is 0 Å². The topological polar surface area (TPSA) is 66.6 Å². The minimum absolute atomic E-state index is 0.126. The Labute approximate surface area is 72.3 Å². The van der Waals surface area contributed by atoms with Crippen molar-refractivity contribution in [1.82, 2.24) is 4.90 Å². The maximum absolute atomic E-state index is 10.6. The van der Waals surface area contributed by atoms with E-state index in [4.69, 9.17) is 10.8 Å². The van der Waals surface area contributed by atoms with Gasteiger partial charge in [-0.05, 0) is 25.9 Å². The summed E-state index contributed by atoms with van der Waals surface area (Å²) in [5.74, 6) is -0.776. The van der Waals surface area contributed by atoms with Crippen molar-refractivity contribution in [2.75, 3.05) is 26.2 Å². The third-order valence-corrected chi connectivity index (χ3v) is 2.38. The second kappa shape index (κ2) is 4.42. The quantitative estimate of drug-likeness (QED) is 0.615. The second-order valence-corrected chi connectivity index (χ2v) is 3.24. The van der Waals surface area contributed by atoms with Gasteiger partial charge in [0.25, 0.3) is 0 Å². The average Bonchev–Trinajstić information content (AvgIpc) is 2.06. The van der Waals surface area contributed by atoms with E-state index in [1.165, 1.54) is 0 Å². The molecule has 0 aliphatic carbocycles. The van der Waals surface area contributed by atoms with Crippen LogP contribution in [0.2, 0.25) is 0 Å². The molecular weight excluding hydrogens is 156 g/mol. The Morgan fingerprint density at radius 3 is 2.50 bits per heavy atom. The van der Waals surface area contributed by atoms with Gasteiger partial charge < -0.3 is 15.7 Å². The van der Waals surface area contributed by atoms with Crippen LogP contribution >= 0.6 is 0 Å². The van der Waals surface area contributed by atoms with E-state index in [0.29, 0.717) is 6.54 Å². The van der Waals surface area contributed by atoms with E-state index >= 15 is 0 Å². The predicted octanol–water partition coefficient (Wildman–Crippen LogP) is -0.258. The van der Waals surface area contributed by atoms with Crippen molar-refractivity contribution in [2.24, 2.45) is 11.7 Å². The van der Waals surface area contributed by atoms with Gasteiger partial charge in [0.2, 0.25) is 0 Å². The van der Waals surface area contributed by atoms with E-state index in [-0.39, 0.29) is 5.92 Å². The molecule has 1 saturated heterocycles. The van der Waals surface area contributed by atoms with Crippen LogP contribution in [0, 0.1) is 5.92 Å². The van der Waals surface area contributed by atoms with E-state index in [0.717, 1.165) is 32.5 Å². The summed E-state index contributed by atoms with van der Waals surface area (Å²) in [5.41, 5.74) is 5.40. The minimum Gasteiger partial charge on any atom is -0.481 e. The Hall–Kier alpha value is -0.610. The maximum Gasteiger partial charge on any atom is 0.306 e. The number of likely N-dealkylation sites (tertiary alicyclic amines) is 1. The number of carbonyl (C=O) groups is 1. The zero-order chi connectivity index (χ0) is 8.97. The standard InChI is InChI=1S/C8H16N2O2/c9-3-6-10-4-1-7(2-5-10)8(11)12/h7H,1-6,9H2,(H,11,12). The van der Waals surface area contributed by atoms with Gasteiger partial charge in [-0.3, -0.25) is 4.79 Å². The van der Waals surface area contributed by atoms with Crippen LogP contribution in [-0.2, 0) is 4.79 Å². The van der Waals surface area contributed by atoms with Gasteiger partial charge >= 0.3 is 5.97 Å². The van der Waals surface area contributed by atoms with Crippen LogP contribution in [-0.4, -0.2) is 42.2 Å². The summed E-state index contributed by atoms with van der Waals surface area (Å²) in [7, 11) is 0. The molecule has 0 aromatic rings. The molecule has 0 spiro atoms. The van der Waals surface area contributed by atoms with Crippen LogP contribution in [0.15, 0.2) is 0 Å². The third-order valence-electron chi connectivity index (χ3n) is 2.38. The van der Waals surface area contributed by atoms with Crippen molar-refractivity contribution in [3.63, 3.8) is 0 Å². The average molecular weight is 172 g/mol. The van der Waals surface area contributed by atoms with Gasteiger partial charge in [0, 0.05) is 13.1 Å². The highest BCUT2D eigenvalue weighted by atomic mass is 16.4. The summed E-state index contributed by atoms with van der Waals surface area (Å²) < 4.78 is 0. The normalized spacial score (nSPS) is 21.1. The van der Waals surface area contributed by atoms with Gasteiger partial charge in [-0.25, -0.2) is 0 Å². The smallest absolute Gasteiger partial charge is 0.306 e. The highest BCUT2D eigenvalue weighted by Gasteiger charge is 2.23. The molecule has 0 unspecified atom stereocenters. The molecule has 1 fully saturated rings. The van der Waals surface area contributed by atoms with E-state index in [1.807, 2.05) is 0 Å². The monoisotopic (exact) mass is 172 g/mol. The first-order valence-corrected chi connectivity index (χ1v) is 4.39. The molecule has 0 amide bonds. The van der Waals surface area contributed by atoms with Gasteiger partial charge in [-0.2, -0.15) is 0 Å². The number of aliphatic carboxylic acids is 1. The SMILES string of the molecule is NCCN1CCC(C(=O)O)CC1. The second-order valence-electron chi connectivity index (χ2n) is 3.24. The van der Waals surface area contributed by atoms with E-state index in [2.05, 4.69) is 4.90 Å². The van der Waals surface area contributed by atoms with Gasteiger partial charge in [-0.1, -0.05) is 0 Å². The molecule has 70 valence electrons. The van der Waals surface area contributed by atoms with E-state index in [1.54, 1.807) is 0 Å². The lowest BCUT2D eigenvalue weighted by Gasteiger charge is -2.29. The van der Waals surface area contributed by atoms with Crippen molar-refractivity contribution < 1.29 is 9.90 Å². The summed E-state index contributed by atoms with van der Waals surface area (Å²) >= 11 is 0. The lowest BCUT2D eigenvalue weighted by atomic mass is 9.97. The third kappa shape index (κ3) is 2.46. The lowest BCUT2D eigenvalue weighted by Crippen LogP contribution is -2.38. The molecule has 1 heterocycles. The first kappa shape index (κ1) is 9.48. The first-order valence-electron chi connectivity index (χ1n) is 4.39. The molecule has 4 heteroatoms. The largest absolute Gasteiger partial charge is 0.481 e. The number of nitrogens with two attached hydrogens (primary N) is 1. The zero-order valence-electron chi connectivity index (χ0n) is 7.20. The minimum atomic E-state index is -0.651. The number of hydrogen-bond acceptors (Lipinski definition) is 3. The number of piperidine rings is 1. The number of carboxylic acids is 1. The van der Waals surface area contributed by atoms with Crippen LogP contribution in [0.5, 0.6) is 0 Å². The lowest BCUT2D eigenvalue weighted by molar-refractivity contribution is -0.143. The summed E-state index contributed by atoms with van der Waals surface area (Å²) in [6, 6.07) is 0. The number of hydrogen-bond donors (Lipinski definition) is 2. The Bertz CT molecular complexity index is 153. The van der Waals surface area contributed by atoms with Crippen molar-refractivity contribution in [3.05, 3.63) is 0 Å². The van der Waals surface area contributed by atoms with E-state index < -0.39 is 5.97 Å². The molecule has 1 aliphatic rings. The molecule has 0 saturated carbocycles. The molecule has 0 bridgehead atoms. The highest BCUT2D eigenvalue weighted by molar-refractivity contribution is 5.70. The molecule has 12 heavy (non-hydrogen) atoms. The van der Waals surface area contributed by atoms with Crippen molar-refractivity contribution in [3.8, 4) is 0 Å². The fourth-order valence-electron chi connectivity index (χ4n) is 1.59. The highest BCUT2D eigenvalue weighted by Crippen LogP contribution is 2.16. The Morgan fingerprint density at radius 1 is 1.50 bits per heavy atom. The molecule has 1 rings (SSSR count). The van der Waals surface area contributed by atoms with Crippen LogP contribution in [0.3, 0.4) is 0 Å². The Balaban J connectivity index is 2.25. The Morgan fingerprint density at radius 2 is 2.08 bits per heavy atom.